The second-order valence-corrected chi connectivity index (χ2v) is 6.21. The normalized spacial score (nSPS) is 20.3. The first-order chi connectivity index (χ1) is 9.95. The fraction of sp³-hybridized carbons (Fsp3) is 0.571. The maximum absolute atomic E-state index is 12.4. The summed E-state index contributed by atoms with van der Waals surface area (Å²) in [6.07, 6.45) is -4.75. The van der Waals surface area contributed by atoms with Crippen LogP contribution in [0.5, 0.6) is 5.75 Å². The summed E-state index contributed by atoms with van der Waals surface area (Å²) in [5.74, 6) is -0.310. The molecule has 122 valence electrons. The van der Waals surface area contributed by atoms with Gasteiger partial charge in [0.25, 0.3) is 0 Å². The molecule has 1 saturated heterocycles. The van der Waals surface area contributed by atoms with Gasteiger partial charge in [-0.25, -0.2) is 0 Å². The number of alkyl halides is 3. The Morgan fingerprint density at radius 3 is 2.14 bits per heavy atom. The van der Waals surface area contributed by atoms with E-state index in [-0.39, 0.29) is 17.9 Å². The van der Waals surface area contributed by atoms with Crippen LogP contribution >= 0.6 is 0 Å². The summed E-state index contributed by atoms with van der Waals surface area (Å²) in [5, 5.41) is 0. The van der Waals surface area contributed by atoms with Gasteiger partial charge in [0.15, 0.2) is 0 Å². The molecule has 2 N–H and O–H groups in total. The van der Waals surface area contributed by atoms with Crippen molar-refractivity contribution in [2.75, 3.05) is 0 Å². The van der Waals surface area contributed by atoms with Crippen LogP contribution in [0, 0.1) is 0 Å². The molecule has 4 nitrogen and oxygen atoms in total. The molecule has 1 heterocycles. The minimum atomic E-state index is -4.75. The lowest BCUT2D eigenvalue weighted by Crippen LogP contribution is -2.41. The number of hydrogen-bond acceptors (Lipinski definition) is 4. The Morgan fingerprint density at radius 2 is 1.68 bits per heavy atom. The first kappa shape index (κ1) is 17.1. The summed E-state index contributed by atoms with van der Waals surface area (Å²) in [6, 6.07) is 4.24. The molecule has 0 atom stereocenters. The van der Waals surface area contributed by atoms with Crippen molar-refractivity contribution in [2.45, 2.75) is 51.8 Å². The minimum Gasteiger partial charge on any atom is -0.405 e. The summed E-state index contributed by atoms with van der Waals surface area (Å²) in [7, 11) is -0.657. The topological polar surface area (TPSA) is 53.7 Å². The van der Waals surface area contributed by atoms with Crippen molar-refractivity contribution in [3.05, 3.63) is 23.8 Å². The third-order valence-corrected chi connectivity index (χ3v) is 4.06. The van der Waals surface area contributed by atoms with E-state index in [4.69, 9.17) is 15.0 Å². The summed E-state index contributed by atoms with van der Waals surface area (Å²) < 4.78 is 52.7. The maximum atomic E-state index is 12.4. The number of nitrogens with two attached hydrogens (primary N) is 1. The molecule has 0 spiro atoms. The van der Waals surface area contributed by atoms with Crippen molar-refractivity contribution in [1.82, 2.24) is 0 Å². The van der Waals surface area contributed by atoms with E-state index < -0.39 is 24.7 Å². The zero-order chi connectivity index (χ0) is 16.8. The molecule has 1 aliphatic rings. The summed E-state index contributed by atoms with van der Waals surface area (Å²) in [5.41, 5.74) is 5.31. The van der Waals surface area contributed by atoms with Crippen molar-refractivity contribution in [2.24, 2.45) is 5.73 Å². The third-order valence-electron chi connectivity index (χ3n) is 4.06. The molecule has 0 bridgehead atoms. The highest BCUT2D eigenvalue weighted by molar-refractivity contribution is 6.62. The molecule has 0 unspecified atom stereocenters. The largest absolute Gasteiger partial charge is 0.573 e. The van der Waals surface area contributed by atoms with Gasteiger partial charge in [-0.3, -0.25) is 0 Å². The molecule has 0 aliphatic carbocycles. The van der Waals surface area contributed by atoms with E-state index in [0.29, 0.717) is 5.46 Å². The molecule has 2 rings (SSSR count). The summed E-state index contributed by atoms with van der Waals surface area (Å²) in [4.78, 5) is 0. The minimum absolute atomic E-state index is 0.0846. The number of halogens is 3. The predicted molar refractivity (Wildman–Crippen MR) is 76.7 cm³/mol. The molecule has 0 amide bonds. The van der Waals surface area contributed by atoms with Crippen LogP contribution in [0.4, 0.5) is 13.2 Å². The van der Waals surface area contributed by atoms with E-state index in [1.54, 1.807) is 0 Å². The smallest absolute Gasteiger partial charge is 0.405 e. The lowest BCUT2D eigenvalue weighted by molar-refractivity contribution is -0.274. The maximum Gasteiger partial charge on any atom is 0.573 e. The van der Waals surface area contributed by atoms with Crippen molar-refractivity contribution >= 4 is 12.6 Å². The average molecular weight is 317 g/mol. The van der Waals surface area contributed by atoms with Crippen LogP contribution in [0.25, 0.3) is 0 Å². The van der Waals surface area contributed by atoms with E-state index in [1.807, 2.05) is 27.7 Å². The van der Waals surface area contributed by atoms with Gasteiger partial charge in [0, 0.05) is 12.1 Å². The monoisotopic (exact) mass is 317 g/mol. The highest BCUT2D eigenvalue weighted by Crippen LogP contribution is 2.36. The van der Waals surface area contributed by atoms with Gasteiger partial charge in [-0.1, -0.05) is 12.1 Å². The molecule has 22 heavy (non-hydrogen) atoms. The van der Waals surface area contributed by atoms with Crippen LogP contribution in [0.1, 0.15) is 33.3 Å². The Morgan fingerprint density at radius 1 is 1.14 bits per heavy atom. The highest BCUT2D eigenvalue weighted by Gasteiger charge is 2.51. The van der Waals surface area contributed by atoms with Crippen LogP contribution in [-0.4, -0.2) is 24.7 Å². The van der Waals surface area contributed by atoms with E-state index in [9.17, 15) is 13.2 Å². The van der Waals surface area contributed by atoms with Crippen LogP contribution < -0.4 is 15.9 Å². The van der Waals surface area contributed by atoms with E-state index in [0.717, 1.165) is 0 Å². The standard InChI is InChI=1S/C14H19BF3NO3/c1-12(2)13(3,4)22-15(21-12)10-5-6-11(9(7-10)8-19)20-14(16,17)18/h5-7H,8,19H2,1-4H3. The fourth-order valence-corrected chi connectivity index (χ4v) is 2.11. The van der Waals surface area contributed by atoms with Crippen molar-refractivity contribution in [3.8, 4) is 5.75 Å². The molecular formula is C14H19BF3NO3. The molecule has 0 aromatic heterocycles. The van der Waals surface area contributed by atoms with Gasteiger partial charge in [-0.05, 0) is 39.2 Å². The Kier molecular flexibility index (Phi) is 4.23. The van der Waals surface area contributed by atoms with E-state index >= 15 is 0 Å². The van der Waals surface area contributed by atoms with Crippen molar-refractivity contribution < 1.29 is 27.2 Å². The predicted octanol–water partition coefficient (Wildman–Crippen LogP) is 2.34. The van der Waals surface area contributed by atoms with Gasteiger partial charge in [0.1, 0.15) is 5.75 Å². The lowest BCUT2D eigenvalue weighted by atomic mass is 9.78. The van der Waals surface area contributed by atoms with Crippen LogP contribution in [-0.2, 0) is 15.9 Å². The molecule has 1 aromatic carbocycles. The molecule has 1 fully saturated rings. The van der Waals surface area contributed by atoms with Crippen molar-refractivity contribution in [1.29, 1.82) is 0 Å². The van der Waals surface area contributed by atoms with Crippen LogP contribution in [0.15, 0.2) is 18.2 Å². The Bertz CT molecular complexity index is 545. The first-order valence-electron chi connectivity index (χ1n) is 6.89. The number of ether oxygens (including phenoxy) is 1. The second kappa shape index (κ2) is 5.44. The molecular weight excluding hydrogens is 298 g/mol. The van der Waals surface area contributed by atoms with Crippen LogP contribution in [0.2, 0.25) is 0 Å². The van der Waals surface area contributed by atoms with Crippen molar-refractivity contribution in [3.63, 3.8) is 0 Å². The van der Waals surface area contributed by atoms with Gasteiger partial charge in [0.2, 0.25) is 0 Å². The molecule has 0 radical (unpaired) electrons. The van der Waals surface area contributed by atoms with Crippen LogP contribution in [0.3, 0.4) is 0 Å². The Hall–Kier alpha value is -1.25. The SMILES string of the molecule is CC1(C)OB(c2ccc(OC(F)(F)F)c(CN)c2)OC1(C)C. The van der Waals surface area contributed by atoms with E-state index in [2.05, 4.69) is 4.74 Å². The Balaban J connectivity index is 2.28. The molecule has 8 heteroatoms. The molecule has 0 saturated carbocycles. The van der Waals surface area contributed by atoms with E-state index in [1.165, 1.54) is 18.2 Å². The zero-order valence-electron chi connectivity index (χ0n) is 13.0. The fourth-order valence-electron chi connectivity index (χ4n) is 2.11. The molecule has 1 aromatic rings. The highest BCUT2D eigenvalue weighted by atomic mass is 19.4. The van der Waals surface area contributed by atoms with Gasteiger partial charge in [-0.15, -0.1) is 13.2 Å². The quantitative estimate of drug-likeness (QED) is 0.870. The van der Waals surface area contributed by atoms with Gasteiger partial charge in [0.05, 0.1) is 11.2 Å². The average Bonchev–Trinajstić information content (AvgIpc) is 2.57. The number of rotatable bonds is 3. The van der Waals surface area contributed by atoms with Gasteiger partial charge in [-0.2, -0.15) is 0 Å². The third kappa shape index (κ3) is 3.39. The molecule has 1 aliphatic heterocycles. The van der Waals surface area contributed by atoms with Gasteiger partial charge >= 0.3 is 13.5 Å². The number of benzene rings is 1. The Labute approximate surface area is 127 Å². The first-order valence-corrected chi connectivity index (χ1v) is 6.89. The summed E-state index contributed by atoms with van der Waals surface area (Å²) in [6.45, 7) is 7.52. The number of hydrogen-bond donors (Lipinski definition) is 1. The van der Waals surface area contributed by atoms with Gasteiger partial charge < -0.3 is 19.8 Å². The summed E-state index contributed by atoms with van der Waals surface area (Å²) >= 11 is 0. The second-order valence-electron chi connectivity index (χ2n) is 6.21. The zero-order valence-corrected chi connectivity index (χ0v) is 13.0. The lowest BCUT2D eigenvalue weighted by Gasteiger charge is -2.32.